The Hall–Kier alpha value is -1.55. The van der Waals surface area contributed by atoms with Crippen molar-refractivity contribution in [1.82, 2.24) is 5.32 Å². The van der Waals surface area contributed by atoms with Crippen molar-refractivity contribution in [3.8, 4) is 5.75 Å². The van der Waals surface area contributed by atoms with Crippen molar-refractivity contribution in [3.05, 3.63) is 29.8 Å². The van der Waals surface area contributed by atoms with Gasteiger partial charge in [-0.05, 0) is 49.3 Å². The lowest BCUT2D eigenvalue weighted by molar-refractivity contribution is -0.126. The van der Waals surface area contributed by atoms with E-state index >= 15 is 0 Å². The van der Waals surface area contributed by atoms with Gasteiger partial charge < -0.3 is 15.8 Å². The van der Waals surface area contributed by atoms with Crippen LogP contribution in [0.2, 0.25) is 0 Å². The van der Waals surface area contributed by atoms with Gasteiger partial charge in [0.05, 0.1) is 5.92 Å². The highest BCUT2D eigenvalue weighted by Crippen LogP contribution is 2.47. The average molecular weight is 274 g/mol. The number of amides is 1. The molecule has 0 bridgehead atoms. The third-order valence-corrected chi connectivity index (χ3v) is 4.52. The Kier molecular flexibility index (Phi) is 3.66. The van der Waals surface area contributed by atoms with Crippen molar-refractivity contribution in [2.24, 2.45) is 17.1 Å². The summed E-state index contributed by atoms with van der Waals surface area (Å²) in [6.45, 7) is 1.95. The highest BCUT2D eigenvalue weighted by Gasteiger charge is 2.42. The molecule has 4 heteroatoms. The molecule has 1 aromatic rings. The fourth-order valence-electron chi connectivity index (χ4n) is 2.91. The van der Waals surface area contributed by atoms with Gasteiger partial charge in [0, 0.05) is 6.54 Å². The molecule has 1 aliphatic carbocycles. The van der Waals surface area contributed by atoms with Crippen LogP contribution in [0, 0.1) is 11.3 Å². The van der Waals surface area contributed by atoms with Gasteiger partial charge in [0.25, 0.3) is 0 Å². The Morgan fingerprint density at radius 3 is 2.95 bits per heavy atom. The molecular weight excluding hydrogens is 252 g/mol. The summed E-state index contributed by atoms with van der Waals surface area (Å²) in [5.74, 6) is 0.958. The third-order valence-electron chi connectivity index (χ3n) is 4.52. The van der Waals surface area contributed by atoms with Gasteiger partial charge in [-0.2, -0.15) is 0 Å². The molecule has 1 atom stereocenters. The highest BCUT2D eigenvalue weighted by molar-refractivity contribution is 5.79. The predicted molar refractivity (Wildman–Crippen MR) is 77.5 cm³/mol. The number of fused-ring (bicyclic) bond motifs is 1. The Morgan fingerprint density at radius 2 is 2.20 bits per heavy atom. The third kappa shape index (κ3) is 2.80. The number of nitrogens with two attached hydrogens (primary N) is 1. The van der Waals surface area contributed by atoms with E-state index in [0.29, 0.717) is 13.2 Å². The first kappa shape index (κ1) is 13.4. The number of ether oxygens (including phenoxy) is 1. The summed E-state index contributed by atoms with van der Waals surface area (Å²) in [6, 6.07) is 7.95. The minimum atomic E-state index is -0.0708. The number of carbonyl (C=O) groups excluding carboxylic acids is 1. The van der Waals surface area contributed by atoms with Crippen molar-refractivity contribution in [2.45, 2.75) is 25.7 Å². The summed E-state index contributed by atoms with van der Waals surface area (Å²) < 4.78 is 5.67. The van der Waals surface area contributed by atoms with Crippen LogP contribution in [-0.2, 0) is 11.2 Å². The van der Waals surface area contributed by atoms with Gasteiger partial charge in [-0.25, -0.2) is 0 Å². The van der Waals surface area contributed by atoms with Crippen LogP contribution < -0.4 is 15.8 Å². The zero-order valence-corrected chi connectivity index (χ0v) is 11.7. The van der Waals surface area contributed by atoms with Crippen LogP contribution in [-0.4, -0.2) is 25.6 Å². The fourth-order valence-corrected chi connectivity index (χ4v) is 2.91. The van der Waals surface area contributed by atoms with Crippen LogP contribution in [0.4, 0.5) is 0 Å². The molecule has 1 aromatic carbocycles. The molecule has 0 saturated heterocycles. The minimum absolute atomic E-state index is 0.0708. The molecule has 0 radical (unpaired) electrons. The van der Waals surface area contributed by atoms with E-state index in [4.69, 9.17) is 10.5 Å². The van der Waals surface area contributed by atoms with Gasteiger partial charge in [0.15, 0.2) is 0 Å². The van der Waals surface area contributed by atoms with Crippen LogP contribution in [0.1, 0.15) is 24.8 Å². The van der Waals surface area contributed by atoms with E-state index in [9.17, 15) is 4.79 Å². The van der Waals surface area contributed by atoms with E-state index < -0.39 is 0 Å². The lowest BCUT2D eigenvalue weighted by atomic mass is 9.95. The maximum absolute atomic E-state index is 12.3. The molecule has 1 unspecified atom stereocenters. The smallest absolute Gasteiger partial charge is 0.226 e. The molecule has 3 N–H and O–H groups in total. The van der Waals surface area contributed by atoms with Gasteiger partial charge in [-0.3, -0.25) is 4.79 Å². The Labute approximate surface area is 119 Å². The van der Waals surface area contributed by atoms with Crippen molar-refractivity contribution in [2.75, 3.05) is 19.7 Å². The fraction of sp³-hybridized carbons (Fsp3) is 0.562. The largest absolute Gasteiger partial charge is 0.492 e. The monoisotopic (exact) mass is 274 g/mol. The normalized spacial score (nSPS) is 22.6. The quantitative estimate of drug-likeness (QED) is 0.855. The molecule has 1 saturated carbocycles. The first-order chi connectivity index (χ1) is 9.72. The molecule has 0 aromatic heterocycles. The maximum Gasteiger partial charge on any atom is 0.226 e. The molecule has 1 aliphatic heterocycles. The topological polar surface area (TPSA) is 64.3 Å². The molecule has 2 aliphatic rings. The van der Waals surface area contributed by atoms with Crippen LogP contribution in [0.25, 0.3) is 0 Å². The van der Waals surface area contributed by atoms with E-state index in [0.717, 1.165) is 30.7 Å². The molecule has 1 fully saturated rings. The van der Waals surface area contributed by atoms with Crippen molar-refractivity contribution >= 4 is 5.91 Å². The minimum Gasteiger partial charge on any atom is -0.492 e. The lowest BCUT2D eigenvalue weighted by Gasteiger charge is -2.25. The Balaban J connectivity index is 1.54. The summed E-state index contributed by atoms with van der Waals surface area (Å²) in [4.78, 5) is 12.3. The van der Waals surface area contributed by atoms with E-state index in [1.807, 2.05) is 24.3 Å². The van der Waals surface area contributed by atoms with E-state index in [1.54, 1.807) is 0 Å². The number of nitrogens with one attached hydrogen (secondary N) is 1. The van der Waals surface area contributed by atoms with Crippen molar-refractivity contribution in [1.29, 1.82) is 0 Å². The second kappa shape index (κ2) is 5.44. The summed E-state index contributed by atoms with van der Waals surface area (Å²) >= 11 is 0. The van der Waals surface area contributed by atoms with E-state index in [1.165, 1.54) is 12.8 Å². The van der Waals surface area contributed by atoms with Gasteiger partial charge in [-0.1, -0.05) is 18.2 Å². The number of carbonyl (C=O) groups is 1. The highest BCUT2D eigenvalue weighted by atomic mass is 16.5. The Morgan fingerprint density at radius 1 is 1.40 bits per heavy atom. The molecule has 0 spiro atoms. The van der Waals surface area contributed by atoms with Gasteiger partial charge in [0.2, 0.25) is 5.91 Å². The molecule has 20 heavy (non-hydrogen) atoms. The van der Waals surface area contributed by atoms with Crippen LogP contribution in [0.5, 0.6) is 5.75 Å². The summed E-state index contributed by atoms with van der Waals surface area (Å²) in [6.07, 6.45) is 4.16. The number of benzene rings is 1. The van der Waals surface area contributed by atoms with E-state index in [2.05, 4.69) is 5.32 Å². The second-order valence-electron chi connectivity index (χ2n) is 6.08. The summed E-state index contributed by atoms with van der Waals surface area (Å²) in [5, 5.41) is 3.10. The van der Waals surface area contributed by atoms with Gasteiger partial charge in [-0.15, -0.1) is 0 Å². The Bertz CT molecular complexity index is 497. The molecule has 108 valence electrons. The van der Waals surface area contributed by atoms with Crippen molar-refractivity contribution < 1.29 is 9.53 Å². The molecule has 1 amide bonds. The zero-order chi connectivity index (χ0) is 14.0. The van der Waals surface area contributed by atoms with Crippen LogP contribution in [0.15, 0.2) is 24.3 Å². The first-order valence-electron chi connectivity index (χ1n) is 7.41. The van der Waals surface area contributed by atoms with Crippen molar-refractivity contribution in [3.63, 3.8) is 0 Å². The first-order valence-corrected chi connectivity index (χ1v) is 7.41. The standard InChI is InChI=1S/C16H22N2O2/c17-8-7-16(5-6-16)11-18-15(19)13-9-12-3-1-2-4-14(12)20-10-13/h1-4,13H,5-11,17H2,(H,18,19). The summed E-state index contributed by atoms with van der Waals surface area (Å²) in [5.41, 5.74) is 7.04. The number of hydrogen-bond acceptors (Lipinski definition) is 3. The number of rotatable bonds is 5. The SMILES string of the molecule is NCCC1(CNC(=O)C2COc3ccccc3C2)CC1. The molecular formula is C16H22N2O2. The van der Waals surface area contributed by atoms with Crippen LogP contribution >= 0.6 is 0 Å². The second-order valence-corrected chi connectivity index (χ2v) is 6.08. The summed E-state index contributed by atoms with van der Waals surface area (Å²) in [7, 11) is 0. The van der Waals surface area contributed by atoms with Crippen LogP contribution in [0.3, 0.4) is 0 Å². The average Bonchev–Trinajstić information content (AvgIpc) is 3.25. The lowest BCUT2D eigenvalue weighted by Crippen LogP contribution is -2.40. The zero-order valence-electron chi connectivity index (χ0n) is 11.7. The van der Waals surface area contributed by atoms with E-state index in [-0.39, 0.29) is 17.2 Å². The molecule has 3 rings (SSSR count). The molecule has 4 nitrogen and oxygen atoms in total. The maximum atomic E-state index is 12.3. The predicted octanol–water partition coefficient (Wildman–Crippen LogP) is 1.48. The van der Waals surface area contributed by atoms with Gasteiger partial charge >= 0.3 is 0 Å². The number of hydrogen-bond donors (Lipinski definition) is 2. The molecule has 1 heterocycles. The number of para-hydroxylation sites is 1. The van der Waals surface area contributed by atoms with Gasteiger partial charge in [0.1, 0.15) is 12.4 Å².